The summed E-state index contributed by atoms with van der Waals surface area (Å²) in [4.78, 5) is 11.2. The third kappa shape index (κ3) is 1.63. The SMILES string of the molecule is CCC(NC)(C(=O)O)c1ccccc1. The third-order valence-corrected chi connectivity index (χ3v) is 2.59. The van der Waals surface area contributed by atoms with E-state index in [0.29, 0.717) is 6.42 Å². The molecule has 0 amide bonds. The number of benzene rings is 1. The Morgan fingerprint density at radius 2 is 2.00 bits per heavy atom. The summed E-state index contributed by atoms with van der Waals surface area (Å²) >= 11 is 0. The molecule has 2 N–H and O–H groups in total. The summed E-state index contributed by atoms with van der Waals surface area (Å²) < 4.78 is 0. The molecule has 3 heteroatoms. The van der Waals surface area contributed by atoms with Gasteiger partial charge in [0.15, 0.2) is 0 Å². The van der Waals surface area contributed by atoms with Gasteiger partial charge in [0.1, 0.15) is 5.54 Å². The summed E-state index contributed by atoms with van der Waals surface area (Å²) in [6.45, 7) is 1.86. The van der Waals surface area contributed by atoms with E-state index in [4.69, 9.17) is 0 Å². The van der Waals surface area contributed by atoms with Gasteiger partial charge in [-0.3, -0.25) is 0 Å². The molecule has 0 saturated heterocycles. The second kappa shape index (κ2) is 4.24. The molecule has 76 valence electrons. The van der Waals surface area contributed by atoms with Crippen LogP contribution in [0, 0.1) is 0 Å². The molecule has 3 nitrogen and oxygen atoms in total. The van der Waals surface area contributed by atoms with E-state index in [9.17, 15) is 9.90 Å². The number of carbonyl (C=O) groups is 1. The van der Waals surface area contributed by atoms with E-state index in [-0.39, 0.29) is 0 Å². The number of rotatable bonds is 4. The molecule has 0 spiro atoms. The predicted octanol–water partition coefficient (Wildman–Crippen LogP) is 1.60. The van der Waals surface area contributed by atoms with Crippen molar-refractivity contribution in [3.8, 4) is 0 Å². The van der Waals surface area contributed by atoms with Gasteiger partial charge < -0.3 is 10.4 Å². The van der Waals surface area contributed by atoms with Crippen LogP contribution in [0.5, 0.6) is 0 Å². The first-order valence-electron chi connectivity index (χ1n) is 4.65. The lowest BCUT2D eigenvalue weighted by atomic mass is 9.87. The molecule has 0 aliphatic heterocycles. The summed E-state index contributed by atoms with van der Waals surface area (Å²) in [5.74, 6) is -0.839. The number of carboxylic acid groups (broad SMARTS) is 1. The van der Waals surface area contributed by atoms with Gasteiger partial charge in [0.2, 0.25) is 0 Å². The maximum Gasteiger partial charge on any atom is 0.328 e. The van der Waals surface area contributed by atoms with E-state index in [1.807, 2.05) is 37.3 Å². The van der Waals surface area contributed by atoms with Crippen molar-refractivity contribution in [3.05, 3.63) is 35.9 Å². The minimum absolute atomic E-state index is 0.517. The van der Waals surface area contributed by atoms with Crippen LogP contribution in [-0.4, -0.2) is 18.1 Å². The second-order valence-corrected chi connectivity index (χ2v) is 3.18. The van der Waals surface area contributed by atoms with Gasteiger partial charge in [0.05, 0.1) is 0 Å². The Kier molecular flexibility index (Phi) is 3.25. The lowest BCUT2D eigenvalue weighted by molar-refractivity contribution is -0.145. The molecule has 1 unspecified atom stereocenters. The molecule has 0 aromatic heterocycles. The van der Waals surface area contributed by atoms with E-state index < -0.39 is 11.5 Å². The first-order valence-corrected chi connectivity index (χ1v) is 4.65. The van der Waals surface area contributed by atoms with Gasteiger partial charge >= 0.3 is 5.97 Å². The van der Waals surface area contributed by atoms with Gasteiger partial charge in [0, 0.05) is 0 Å². The number of aliphatic carboxylic acids is 1. The molecule has 0 radical (unpaired) electrons. The molecule has 1 aromatic carbocycles. The average Bonchev–Trinajstić information content (AvgIpc) is 2.22. The largest absolute Gasteiger partial charge is 0.480 e. The van der Waals surface area contributed by atoms with Gasteiger partial charge in [-0.15, -0.1) is 0 Å². The molecule has 0 saturated carbocycles. The van der Waals surface area contributed by atoms with Crippen LogP contribution in [0.3, 0.4) is 0 Å². The van der Waals surface area contributed by atoms with E-state index in [1.165, 1.54) is 0 Å². The minimum Gasteiger partial charge on any atom is -0.480 e. The standard InChI is InChI=1S/C11H15NO2/c1-3-11(12-2,10(13)14)9-7-5-4-6-8-9/h4-8,12H,3H2,1-2H3,(H,13,14). The molecule has 0 heterocycles. The molecule has 1 atom stereocenters. The fourth-order valence-corrected chi connectivity index (χ4v) is 1.63. The highest BCUT2D eigenvalue weighted by atomic mass is 16.4. The monoisotopic (exact) mass is 193 g/mol. The first-order chi connectivity index (χ1) is 6.67. The molecular formula is C11H15NO2. The van der Waals surface area contributed by atoms with Crippen LogP contribution in [-0.2, 0) is 10.3 Å². The van der Waals surface area contributed by atoms with Crippen molar-refractivity contribution in [1.82, 2.24) is 5.32 Å². The highest BCUT2D eigenvalue weighted by Gasteiger charge is 2.36. The lowest BCUT2D eigenvalue weighted by Gasteiger charge is -2.28. The normalized spacial score (nSPS) is 14.7. The van der Waals surface area contributed by atoms with Gasteiger partial charge in [-0.1, -0.05) is 37.3 Å². The molecule has 0 aliphatic carbocycles. The van der Waals surface area contributed by atoms with Crippen molar-refractivity contribution in [2.45, 2.75) is 18.9 Å². The van der Waals surface area contributed by atoms with E-state index in [0.717, 1.165) is 5.56 Å². The topological polar surface area (TPSA) is 49.3 Å². The van der Waals surface area contributed by atoms with Gasteiger partial charge in [-0.05, 0) is 19.0 Å². The zero-order chi connectivity index (χ0) is 10.6. The second-order valence-electron chi connectivity index (χ2n) is 3.18. The molecule has 0 bridgehead atoms. The Balaban J connectivity index is 3.18. The van der Waals surface area contributed by atoms with Crippen LogP contribution in [0.1, 0.15) is 18.9 Å². The fraction of sp³-hybridized carbons (Fsp3) is 0.364. The van der Waals surface area contributed by atoms with Crippen molar-refractivity contribution >= 4 is 5.97 Å². The van der Waals surface area contributed by atoms with Crippen LogP contribution >= 0.6 is 0 Å². The van der Waals surface area contributed by atoms with Crippen molar-refractivity contribution in [2.75, 3.05) is 7.05 Å². The number of hydrogen-bond donors (Lipinski definition) is 2. The van der Waals surface area contributed by atoms with Gasteiger partial charge in [-0.25, -0.2) is 4.79 Å². The summed E-state index contributed by atoms with van der Waals surface area (Å²) in [7, 11) is 1.67. The first kappa shape index (κ1) is 10.7. The maximum absolute atomic E-state index is 11.2. The summed E-state index contributed by atoms with van der Waals surface area (Å²) in [6, 6.07) is 9.23. The van der Waals surface area contributed by atoms with Gasteiger partial charge in [-0.2, -0.15) is 0 Å². The molecule has 1 aromatic rings. The smallest absolute Gasteiger partial charge is 0.328 e. The highest BCUT2D eigenvalue weighted by molar-refractivity contribution is 5.80. The lowest BCUT2D eigenvalue weighted by Crippen LogP contribution is -2.46. The van der Waals surface area contributed by atoms with Crippen molar-refractivity contribution in [2.24, 2.45) is 0 Å². The van der Waals surface area contributed by atoms with Crippen molar-refractivity contribution < 1.29 is 9.90 Å². The Morgan fingerprint density at radius 1 is 1.43 bits per heavy atom. The average molecular weight is 193 g/mol. The van der Waals surface area contributed by atoms with Crippen LogP contribution in [0.2, 0.25) is 0 Å². The Morgan fingerprint density at radius 3 is 2.36 bits per heavy atom. The molecule has 0 fully saturated rings. The third-order valence-electron chi connectivity index (χ3n) is 2.59. The zero-order valence-electron chi connectivity index (χ0n) is 8.45. The fourth-order valence-electron chi connectivity index (χ4n) is 1.63. The number of likely N-dealkylation sites (N-methyl/N-ethyl adjacent to an activating group) is 1. The molecule has 1 rings (SSSR count). The van der Waals surface area contributed by atoms with E-state index in [1.54, 1.807) is 7.05 Å². The summed E-state index contributed by atoms with van der Waals surface area (Å²) in [5, 5.41) is 12.1. The van der Waals surface area contributed by atoms with Crippen LogP contribution in [0.15, 0.2) is 30.3 Å². The summed E-state index contributed by atoms with van der Waals surface area (Å²) in [5.41, 5.74) is -0.168. The van der Waals surface area contributed by atoms with Gasteiger partial charge in [0.25, 0.3) is 0 Å². The van der Waals surface area contributed by atoms with Crippen molar-refractivity contribution in [3.63, 3.8) is 0 Å². The van der Waals surface area contributed by atoms with E-state index >= 15 is 0 Å². The van der Waals surface area contributed by atoms with Crippen LogP contribution in [0.25, 0.3) is 0 Å². The Hall–Kier alpha value is -1.35. The maximum atomic E-state index is 11.2. The zero-order valence-corrected chi connectivity index (χ0v) is 8.45. The highest BCUT2D eigenvalue weighted by Crippen LogP contribution is 2.24. The molecule has 0 aliphatic rings. The predicted molar refractivity (Wildman–Crippen MR) is 55.1 cm³/mol. The number of nitrogens with one attached hydrogen (secondary N) is 1. The quantitative estimate of drug-likeness (QED) is 0.763. The van der Waals surface area contributed by atoms with Crippen LogP contribution < -0.4 is 5.32 Å². The molecular weight excluding hydrogens is 178 g/mol. The number of carboxylic acids is 1. The minimum atomic E-state index is -0.957. The molecule has 14 heavy (non-hydrogen) atoms. The Labute approximate surface area is 83.8 Å². The Bertz CT molecular complexity index is 304. The van der Waals surface area contributed by atoms with Crippen molar-refractivity contribution in [1.29, 1.82) is 0 Å². The summed E-state index contributed by atoms with van der Waals surface area (Å²) in [6.07, 6.45) is 0.517. The number of hydrogen-bond acceptors (Lipinski definition) is 2. The van der Waals surface area contributed by atoms with Crippen LogP contribution in [0.4, 0.5) is 0 Å². The van der Waals surface area contributed by atoms with E-state index in [2.05, 4.69) is 5.32 Å².